The SMILES string of the molecule is C#C/C=N/C(=O)NC(=O)OC(C)(C)C. The number of carbonyl (C=O) groups is 2. The second kappa shape index (κ2) is 5.02. The molecule has 0 aromatic carbocycles. The summed E-state index contributed by atoms with van der Waals surface area (Å²) in [6, 6.07) is -0.850. The second-order valence-electron chi connectivity index (χ2n) is 3.36. The van der Waals surface area contributed by atoms with Crippen LogP contribution in [0.15, 0.2) is 4.99 Å². The third kappa shape index (κ3) is 6.85. The molecule has 0 rings (SSSR count). The van der Waals surface area contributed by atoms with E-state index >= 15 is 0 Å². The Bertz CT molecular complexity index is 294. The van der Waals surface area contributed by atoms with Crippen LogP contribution in [0, 0.1) is 12.3 Å². The first kappa shape index (κ1) is 12.2. The van der Waals surface area contributed by atoms with Crippen molar-refractivity contribution in [3.63, 3.8) is 0 Å². The lowest BCUT2D eigenvalue weighted by Gasteiger charge is -2.18. The fourth-order valence-electron chi connectivity index (χ4n) is 0.519. The van der Waals surface area contributed by atoms with Crippen molar-refractivity contribution in [2.24, 2.45) is 4.99 Å². The van der Waals surface area contributed by atoms with E-state index in [-0.39, 0.29) is 0 Å². The maximum Gasteiger partial charge on any atom is 0.415 e. The summed E-state index contributed by atoms with van der Waals surface area (Å²) in [5.41, 5.74) is -0.653. The van der Waals surface area contributed by atoms with Gasteiger partial charge in [0.15, 0.2) is 0 Å². The molecule has 0 radical (unpaired) electrons. The lowest BCUT2D eigenvalue weighted by molar-refractivity contribution is 0.0550. The predicted molar refractivity (Wildman–Crippen MR) is 52.1 cm³/mol. The predicted octanol–water partition coefficient (Wildman–Crippen LogP) is 1.34. The van der Waals surface area contributed by atoms with Crippen molar-refractivity contribution >= 4 is 18.3 Å². The van der Waals surface area contributed by atoms with Gasteiger partial charge in [0.25, 0.3) is 0 Å². The Morgan fingerprint density at radius 1 is 1.50 bits per heavy atom. The zero-order valence-electron chi connectivity index (χ0n) is 8.33. The van der Waals surface area contributed by atoms with Crippen LogP contribution in [0.5, 0.6) is 0 Å². The fraction of sp³-hybridized carbons (Fsp3) is 0.444. The molecule has 0 saturated carbocycles. The van der Waals surface area contributed by atoms with Crippen molar-refractivity contribution in [1.82, 2.24) is 5.32 Å². The molecule has 14 heavy (non-hydrogen) atoms. The summed E-state index contributed by atoms with van der Waals surface area (Å²) in [6.45, 7) is 5.05. The van der Waals surface area contributed by atoms with Gasteiger partial charge in [-0.05, 0) is 20.8 Å². The summed E-state index contributed by atoms with van der Waals surface area (Å²) in [4.78, 5) is 24.9. The normalized spacial score (nSPS) is 10.7. The number of aliphatic imine (C=N–C) groups is 1. The monoisotopic (exact) mass is 196 g/mol. The number of terminal acetylenes is 1. The van der Waals surface area contributed by atoms with E-state index in [4.69, 9.17) is 11.2 Å². The molecule has 0 spiro atoms. The molecule has 0 atom stereocenters. The number of carbonyl (C=O) groups excluding carboxylic acids is 2. The minimum absolute atomic E-state index is 0.653. The van der Waals surface area contributed by atoms with E-state index in [1.165, 1.54) is 0 Å². The maximum absolute atomic E-state index is 11.0. The third-order valence-corrected chi connectivity index (χ3v) is 0.864. The van der Waals surface area contributed by atoms with E-state index in [2.05, 4.69) is 4.99 Å². The van der Waals surface area contributed by atoms with Crippen molar-refractivity contribution in [1.29, 1.82) is 0 Å². The van der Waals surface area contributed by atoms with E-state index in [1.54, 1.807) is 20.8 Å². The topological polar surface area (TPSA) is 67.8 Å². The number of nitrogens with zero attached hydrogens (tertiary/aromatic N) is 1. The van der Waals surface area contributed by atoms with Crippen molar-refractivity contribution < 1.29 is 14.3 Å². The molecule has 76 valence electrons. The summed E-state index contributed by atoms with van der Waals surface area (Å²) < 4.78 is 4.79. The smallest absolute Gasteiger partial charge is 0.415 e. The van der Waals surface area contributed by atoms with Gasteiger partial charge in [0.05, 0.1) is 6.21 Å². The molecule has 0 fully saturated rings. The largest absolute Gasteiger partial charge is 0.443 e. The molecule has 1 N–H and O–H groups in total. The van der Waals surface area contributed by atoms with Crippen LogP contribution in [0.2, 0.25) is 0 Å². The highest BCUT2D eigenvalue weighted by Gasteiger charge is 2.17. The van der Waals surface area contributed by atoms with Crippen LogP contribution in [-0.2, 0) is 4.74 Å². The highest BCUT2D eigenvalue weighted by molar-refractivity contribution is 5.97. The molecule has 0 saturated heterocycles. The van der Waals surface area contributed by atoms with Gasteiger partial charge >= 0.3 is 12.1 Å². The van der Waals surface area contributed by atoms with Crippen LogP contribution < -0.4 is 5.32 Å². The number of hydrogen-bond donors (Lipinski definition) is 1. The minimum Gasteiger partial charge on any atom is -0.443 e. The Balaban J connectivity index is 4.03. The van der Waals surface area contributed by atoms with Gasteiger partial charge in [-0.25, -0.2) is 14.9 Å². The third-order valence-electron chi connectivity index (χ3n) is 0.864. The first-order chi connectivity index (χ1) is 6.35. The van der Waals surface area contributed by atoms with Crippen LogP contribution >= 0.6 is 0 Å². The van der Waals surface area contributed by atoms with Gasteiger partial charge in [-0.1, -0.05) is 5.92 Å². The quantitative estimate of drug-likeness (QED) is 0.469. The Morgan fingerprint density at radius 3 is 2.50 bits per heavy atom. The van der Waals surface area contributed by atoms with Gasteiger partial charge < -0.3 is 4.74 Å². The fourth-order valence-corrected chi connectivity index (χ4v) is 0.519. The number of urea groups is 1. The van der Waals surface area contributed by atoms with Gasteiger partial charge in [-0.3, -0.25) is 0 Å². The summed E-state index contributed by atoms with van der Waals surface area (Å²) in [5.74, 6) is 2.02. The molecule has 0 aliphatic heterocycles. The molecule has 0 aromatic rings. The number of nitrogens with one attached hydrogen (secondary N) is 1. The van der Waals surface area contributed by atoms with Crippen molar-refractivity contribution in [3.8, 4) is 12.3 Å². The lowest BCUT2D eigenvalue weighted by Crippen LogP contribution is -2.34. The summed E-state index contributed by atoms with van der Waals surface area (Å²) >= 11 is 0. The van der Waals surface area contributed by atoms with E-state index < -0.39 is 17.7 Å². The Morgan fingerprint density at radius 2 is 2.07 bits per heavy atom. The summed E-state index contributed by atoms with van der Waals surface area (Å²) in [5, 5.41) is 1.88. The zero-order chi connectivity index (χ0) is 11.2. The number of hydrogen-bond acceptors (Lipinski definition) is 3. The molecule has 0 unspecified atom stereocenters. The molecular formula is C9H12N2O3. The van der Waals surface area contributed by atoms with Crippen LogP contribution in [0.25, 0.3) is 0 Å². The molecule has 0 aliphatic carbocycles. The Labute approximate surface area is 82.5 Å². The van der Waals surface area contributed by atoms with Crippen molar-refractivity contribution in [2.45, 2.75) is 26.4 Å². The Hall–Kier alpha value is -1.83. The van der Waals surface area contributed by atoms with Crippen LogP contribution in [0.1, 0.15) is 20.8 Å². The maximum atomic E-state index is 11.0. The molecule has 5 heteroatoms. The molecular weight excluding hydrogens is 184 g/mol. The van der Waals surface area contributed by atoms with Crippen LogP contribution in [0.4, 0.5) is 9.59 Å². The first-order valence-electron chi connectivity index (χ1n) is 3.88. The molecule has 0 aliphatic rings. The minimum atomic E-state index is -0.850. The van der Waals surface area contributed by atoms with Gasteiger partial charge in [0, 0.05) is 0 Å². The number of rotatable bonds is 0. The standard InChI is InChI=1S/C9H12N2O3/c1-5-6-10-7(12)11-8(13)14-9(2,3)4/h1,6H,2-4H3,(H,11,12,13)/b10-6+. The van der Waals surface area contributed by atoms with Crippen LogP contribution in [-0.4, -0.2) is 23.9 Å². The second-order valence-corrected chi connectivity index (χ2v) is 3.36. The summed E-state index contributed by atoms with van der Waals surface area (Å²) in [7, 11) is 0. The molecule has 0 heterocycles. The summed E-state index contributed by atoms with van der Waals surface area (Å²) in [6.07, 6.45) is 4.91. The van der Waals surface area contributed by atoms with Gasteiger partial charge in [-0.15, -0.1) is 6.42 Å². The lowest BCUT2D eigenvalue weighted by atomic mass is 10.2. The van der Waals surface area contributed by atoms with E-state index in [1.807, 2.05) is 11.2 Å². The highest BCUT2D eigenvalue weighted by atomic mass is 16.6. The van der Waals surface area contributed by atoms with Gasteiger partial charge in [0.1, 0.15) is 5.60 Å². The van der Waals surface area contributed by atoms with E-state index in [0.717, 1.165) is 6.21 Å². The van der Waals surface area contributed by atoms with Gasteiger partial charge in [-0.2, -0.15) is 4.99 Å². The number of alkyl carbamates (subject to hydrolysis) is 1. The number of imide groups is 1. The molecule has 0 aromatic heterocycles. The molecule has 5 nitrogen and oxygen atoms in total. The van der Waals surface area contributed by atoms with Crippen molar-refractivity contribution in [2.75, 3.05) is 0 Å². The van der Waals surface area contributed by atoms with Gasteiger partial charge in [0.2, 0.25) is 0 Å². The number of ether oxygens (including phenoxy) is 1. The molecule has 3 amide bonds. The van der Waals surface area contributed by atoms with Crippen molar-refractivity contribution in [3.05, 3.63) is 0 Å². The average molecular weight is 196 g/mol. The zero-order valence-corrected chi connectivity index (χ0v) is 8.33. The van der Waals surface area contributed by atoms with Crippen LogP contribution in [0.3, 0.4) is 0 Å². The average Bonchev–Trinajstić information content (AvgIpc) is 1.96. The molecule has 0 bridgehead atoms. The van der Waals surface area contributed by atoms with E-state index in [0.29, 0.717) is 0 Å². The number of amides is 3. The first-order valence-corrected chi connectivity index (χ1v) is 3.88. The Kier molecular flexibility index (Phi) is 4.36. The van der Waals surface area contributed by atoms with E-state index in [9.17, 15) is 9.59 Å². The highest BCUT2D eigenvalue weighted by Crippen LogP contribution is 2.06.